The zero-order chi connectivity index (χ0) is 10.9. The van der Waals surface area contributed by atoms with Gasteiger partial charge in [-0.05, 0) is 12.1 Å². The van der Waals surface area contributed by atoms with Crippen LogP contribution in [0.3, 0.4) is 0 Å². The fraction of sp³-hybridized carbons (Fsp3) is 0.222. The second-order valence-electron chi connectivity index (χ2n) is 3.06. The van der Waals surface area contributed by atoms with E-state index in [4.69, 9.17) is 16.4 Å². The van der Waals surface area contributed by atoms with Crippen LogP contribution in [0.15, 0.2) is 29.4 Å². The molecular weight excluding hydrogens is 238 g/mol. The second kappa shape index (κ2) is 3.83. The van der Waals surface area contributed by atoms with Crippen molar-refractivity contribution in [2.45, 2.75) is 0 Å². The minimum absolute atomic E-state index is 0.0228. The maximum absolute atomic E-state index is 11.6. The lowest BCUT2D eigenvalue weighted by Crippen LogP contribution is -2.26. The molecule has 0 bridgehead atoms. The van der Waals surface area contributed by atoms with Crippen molar-refractivity contribution < 1.29 is 13.3 Å². The van der Waals surface area contributed by atoms with E-state index in [9.17, 15) is 8.42 Å². The number of benzene rings is 1. The summed E-state index contributed by atoms with van der Waals surface area (Å²) in [5.74, 6) is -0.0333. The minimum atomic E-state index is -3.31. The van der Waals surface area contributed by atoms with Crippen LogP contribution >= 0.6 is 11.6 Å². The molecule has 1 aromatic carbocycles. The van der Waals surface area contributed by atoms with E-state index in [-0.39, 0.29) is 17.4 Å². The highest BCUT2D eigenvalue weighted by Crippen LogP contribution is 2.15. The smallest absolute Gasteiger partial charge is 0.202 e. The number of halogens is 1. The topological polar surface area (TPSA) is 55.7 Å². The van der Waals surface area contributed by atoms with E-state index in [1.807, 2.05) is 0 Å². The molecule has 4 nitrogen and oxygen atoms in total. The van der Waals surface area contributed by atoms with E-state index in [2.05, 4.69) is 5.16 Å². The Balaban J connectivity index is 2.46. The molecule has 0 aliphatic carbocycles. The molecule has 15 heavy (non-hydrogen) atoms. The molecule has 1 aromatic rings. The predicted octanol–water partition coefficient (Wildman–Crippen LogP) is 1.45. The maximum atomic E-state index is 11.6. The molecule has 0 saturated heterocycles. The van der Waals surface area contributed by atoms with Crippen LogP contribution in [0.25, 0.3) is 0 Å². The van der Waals surface area contributed by atoms with Crippen molar-refractivity contribution in [3.63, 3.8) is 0 Å². The first-order valence-corrected chi connectivity index (χ1v) is 6.31. The van der Waals surface area contributed by atoms with Crippen LogP contribution in [0.5, 0.6) is 0 Å². The molecule has 2 rings (SSSR count). The molecule has 0 aromatic heterocycles. The SMILES string of the molecule is O=S1(=O)CCON=C1c1ccc(Cl)cc1. The van der Waals surface area contributed by atoms with Gasteiger partial charge in [0.05, 0.1) is 5.75 Å². The molecule has 6 heteroatoms. The van der Waals surface area contributed by atoms with Gasteiger partial charge in [-0.15, -0.1) is 0 Å². The Labute approximate surface area is 92.4 Å². The van der Waals surface area contributed by atoms with E-state index in [1.54, 1.807) is 24.3 Å². The van der Waals surface area contributed by atoms with Gasteiger partial charge in [-0.3, -0.25) is 0 Å². The minimum Gasteiger partial charge on any atom is -0.394 e. The van der Waals surface area contributed by atoms with Crippen molar-refractivity contribution in [1.29, 1.82) is 0 Å². The Hall–Kier alpha value is -1.07. The molecule has 80 valence electrons. The van der Waals surface area contributed by atoms with Crippen molar-refractivity contribution in [3.8, 4) is 0 Å². The van der Waals surface area contributed by atoms with E-state index in [1.165, 1.54) is 0 Å². The van der Waals surface area contributed by atoms with Crippen LogP contribution in [0, 0.1) is 0 Å². The molecular formula is C9H8ClNO3S. The van der Waals surface area contributed by atoms with E-state index in [0.717, 1.165) is 0 Å². The van der Waals surface area contributed by atoms with Crippen molar-refractivity contribution in [3.05, 3.63) is 34.9 Å². The molecule has 0 atom stereocenters. The summed E-state index contributed by atoms with van der Waals surface area (Å²) >= 11 is 5.70. The molecule has 1 aliphatic rings. The molecule has 1 heterocycles. The molecule has 0 amide bonds. The van der Waals surface area contributed by atoms with Crippen molar-refractivity contribution in [2.24, 2.45) is 5.16 Å². The average molecular weight is 246 g/mol. The fourth-order valence-electron chi connectivity index (χ4n) is 1.23. The summed E-state index contributed by atoms with van der Waals surface area (Å²) < 4.78 is 23.2. The Morgan fingerprint density at radius 3 is 2.53 bits per heavy atom. The summed E-state index contributed by atoms with van der Waals surface area (Å²) in [6.07, 6.45) is 0. The second-order valence-corrected chi connectivity index (χ2v) is 5.52. The fourth-order valence-corrected chi connectivity index (χ4v) is 2.50. The van der Waals surface area contributed by atoms with Crippen LogP contribution in [-0.2, 0) is 14.7 Å². The van der Waals surface area contributed by atoms with Gasteiger partial charge >= 0.3 is 0 Å². The van der Waals surface area contributed by atoms with Gasteiger partial charge in [-0.25, -0.2) is 8.42 Å². The van der Waals surface area contributed by atoms with Crippen molar-refractivity contribution >= 4 is 26.5 Å². The van der Waals surface area contributed by atoms with Gasteiger partial charge in [0, 0.05) is 10.6 Å². The quantitative estimate of drug-likeness (QED) is 0.753. The molecule has 0 saturated carbocycles. The van der Waals surface area contributed by atoms with Gasteiger partial charge in [0.1, 0.15) is 6.61 Å². The van der Waals surface area contributed by atoms with Crippen LogP contribution in [-0.4, -0.2) is 25.8 Å². The Morgan fingerprint density at radius 2 is 1.93 bits per heavy atom. The summed E-state index contributed by atoms with van der Waals surface area (Å²) in [5, 5.41) is 4.09. The normalized spacial score (nSPS) is 19.1. The van der Waals surface area contributed by atoms with Gasteiger partial charge in [0.15, 0.2) is 0 Å². The largest absolute Gasteiger partial charge is 0.394 e. The first-order chi connectivity index (χ1) is 7.09. The van der Waals surface area contributed by atoms with Gasteiger partial charge in [-0.2, -0.15) is 0 Å². The lowest BCUT2D eigenvalue weighted by atomic mass is 10.2. The first kappa shape index (κ1) is 10.4. The number of hydrogen-bond acceptors (Lipinski definition) is 4. The summed E-state index contributed by atoms with van der Waals surface area (Å²) in [6.45, 7) is 0.111. The molecule has 0 N–H and O–H groups in total. The number of sulfone groups is 1. The van der Waals surface area contributed by atoms with Crippen LogP contribution in [0.4, 0.5) is 0 Å². The number of oxime groups is 1. The van der Waals surface area contributed by atoms with Gasteiger partial charge in [-0.1, -0.05) is 28.9 Å². The van der Waals surface area contributed by atoms with Crippen molar-refractivity contribution in [2.75, 3.05) is 12.4 Å². The molecule has 1 aliphatic heterocycles. The molecule has 0 radical (unpaired) electrons. The van der Waals surface area contributed by atoms with Crippen LogP contribution in [0.1, 0.15) is 5.56 Å². The third-order valence-corrected chi connectivity index (χ3v) is 3.83. The van der Waals surface area contributed by atoms with Crippen molar-refractivity contribution in [1.82, 2.24) is 0 Å². The number of nitrogens with zero attached hydrogens (tertiary/aromatic N) is 1. The Kier molecular flexibility index (Phi) is 2.67. The summed E-state index contributed by atoms with van der Waals surface area (Å²) in [5.41, 5.74) is 0.499. The van der Waals surface area contributed by atoms with E-state index >= 15 is 0 Å². The summed E-state index contributed by atoms with van der Waals surface area (Å²) in [7, 11) is -3.31. The molecule has 0 fully saturated rings. The zero-order valence-corrected chi connectivity index (χ0v) is 9.25. The van der Waals surface area contributed by atoms with Crippen LogP contribution in [0.2, 0.25) is 5.02 Å². The van der Waals surface area contributed by atoms with Gasteiger partial charge in [0.25, 0.3) is 0 Å². The lowest BCUT2D eigenvalue weighted by Gasteiger charge is -2.12. The van der Waals surface area contributed by atoms with E-state index in [0.29, 0.717) is 10.6 Å². The number of rotatable bonds is 1. The monoisotopic (exact) mass is 245 g/mol. The highest BCUT2D eigenvalue weighted by Gasteiger charge is 2.25. The zero-order valence-electron chi connectivity index (χ0n) is 7.68. The van der Waals surface area contributed by atoms with Crippen LogP contribution < -0.4 is 0 Å². The average Bonchev–Trinajstić information content (AvgIpc) is 2.19. The molecule has 0 spiro atoms. The predicted molar refractivity (Wildman–Crippen MR) is 57.7 cm³/mol. The molecule has 0 unspecified atom stereocenters. The third-order valence-electron chi connectivity index (χ3n) is 1.98. The van der Waals surface area contributed by atoms with Gasteiger partial charge < -0.3 is 4.84 Å². The Morgan fingerprint density at radius 1 is 1.27 bits per heavy atom. The summed E-state index contributed by atoms with van der Waals surface area (Å²) in [6, 6.07) is 6.44. The highest BCUT2D eigenvalue weighted by atomic mass is 35.5. The lowest BCUT2D eigenvalue weighted by molar-refractivity contribution is 0.158. The third kappa shape index (κ3) is 2.13. The number of hydrogen-bond donors (Lipinski definition) is 0. The van der Waals surface area contributed by atoms with E-state index < -0.39 is 9.84 Å². The maximum Gasteiger partial charge on any atom is 0.202 e. The summed E-state index contributed by atoms with van der Waals surface area (Å²) in [4.78, 5) is 4.78. The van der Waals surface area contributed by atoms with Gasteiger partial charge in [0.2, 0.25) is 14.9 Å². The first-order valence-electron chi connectivity index (χ1n) is 4.28. The standard InChI is InChI=1S/C9H8ClNO3S/c10-8-3-1-7(2-4-8)9-11-14-5-6-15(9,12)13/h1-4H,5-6H2. The Bertz CT molecular complexity index is 493. The highest BCUT2D eigenvalue weighted by molar-refractivity contribution is 8.07.